The summed E-state index contributed by atoms with van der Waals surface area (Å²) in [4.78, 5) is 14.1. The van der Waals surface area contributed by atoms with Crippen LogP contribution < -0.4 is 5.32 Å². The Labute approximate surface area is 141 Å². The van der Waals surface area contributed by atoms with Gasteiger partial charge in [0.1, 0.15) is 0 Å². The quantitative estimate of drug-likeness (QED) is 0.819. The summed E-state index contributed by atoms with van der Waals surface area (Å²) in [5.41, 5.74) is 1.98. The van der Waals surface area contributed by atoms with E-state index in [4.69, 9.17) is 11.6 Å². The predicted octanol–water partition coefficient (Wildman–Crippen LogP) is 2.62. The Hall–Kier alpha value is -1.88. The number of benzene rings is 2. The van der Waals surface area contributed by atoms with Crippen molar-refractivity contribution in [2.75, 3.05) is 20.2 Å². The van der Waals surface area contributed by atoms with Crippen LogP contribution in [0.15, 0.2) is 54.6 Å². The smallest absolute Gasteiger partial charge is 0.234 e. The Kier molecular flexibility index (Phi) is 6.59. The third-order valence-corrected chi connectivity index (χ3v) is 3.75. The van der Waals surface area contributed by atoms with Crippen LogP contribution in [0.3, 0.4) is 0 Å². The van der Waals surface area contributed by atoms with Gasteiger partial charge in [-0.05, 0) is 30.3 Å². The van der Waals surface area contributed by atoms with Crippen LogP contribution in [-0.4, -0.2) is 36.1 Å². The fraction of sp³-hybridized carbons (Fsp3) is 0.278. The first-order valence-corrected chi connectivity index (χ1v) is 7.84. The summed E-state index contributed by atoms with van der Waals surface area (Å²) in [5.74, 6) is -0.127. The number of carbonyl (C=O) groups is 1. The van der Waals surface area contributed by atoms with Crippen molar-refractivity contribution in [3.05, 3.63) is 70.7 Å². The van der Waals surface area contributed by atoms with Crippen LogP contribution in [0.25, 0.3) is 0 Å². The number of nitrogens with one attached hydrogen (secondary N) is 1. The van der Waals surface area contributed by atoms with Crippen LogP contribution in [0.4, 0.5) is 0 Å². The number of halogens is 1. The zero-order valence-electron chi connectivity index (χ0n) is 13.1. The fourth-order valence-corrected chi connectivity index (χ4v) is 2.49. The average molecular weight is 333 g/mol. The molecule has 0 spiro atoms. The molecule has 0 saturated heterocycles. The molecule has 0 saturated carbocycles. The van der Waals surface area contributed by atoms with E-state index in [1.165, 1.54) is 0 Å². The molecule has 122 valence electrons. The molecule has 2 aromatic carbocycles. The number of amides is 1. The number of nitrogens with zero attached hydrogens (tertiary/aromatic N) is 1. The summed E-state index contributed by atoms with van der Waals surface area (Å²) in [6, 6.07) is 16.6. The SMILES string of the molecule is CN(CC(=O)NC(CO)c1ccc(Cl)cc1)Cc1ccccc1. The maximum absolute atomic E-state index is 12.2. The lowest BCUT2D eigenvalue weighted by atomic mass is 10.1. The van der Waals surface area contributed by atoms with Gasteiger partial charge in [0.25, 0.3) is 0 Å². The number of hydrogen-bond donors (Lipinski definition) is 2. The minimum absolute atomic E-state index is 0.127. The molecule has 1 amide bonds. The summed E-state index contributed by atoms with van der Waals surface area (Å²) in [5, 5.41) is 13.0. The van der Waals surface area contributed by atoms with Gasteiger partial charge in [0.2, 0.25) is 5.91 Å². The highest BCUT2D eigenvalue weighted by Crippen LogP contribution is 2.16. The van der Waals surface area contributed by atoms with E-state index >= 15 is 0 Å². The highest BCUT2D eigenvalue weighted by atomic mass is 35.5. The molecule has 2 rings (SSSR count). The summed E-state index contributed by atoms with van der Waals surface area (Å²) < 4.78 is 0. The molecular formula is C18H21ClN2O2. The average Bonchev–Trinajstić information content (AvgIpc) is 2.54. The van der Waals surface area contributed by atoms with Gasteiger partial charge < -0.3 is 10.4 Å². The molecule has 0 aliphatic carbocycles. The Morgan fingerprint density at radius 1 is 1.17 bits per heavy atom. The second-order valence-corrected chi connectivity index (χ2v) is 5.95. The molecule has 0 bridgehead atoms. The molecule has 0 aromatic heterocycles. The van der Waals surface area contributed by atoms with Crippen LogP contribution in [0, 0.1) is 0 Å². The first kappa shape index (κ1) is 17.5. The van der Waals surface area contributed by atoms with Crippen LogP contribution in [0.2, 0.25) is 5.02 Å². The maximum Gasteiger partial charge on any atom is 0.234 e. The fourth-order valence-electron chi connectivity index (χ4n) is 2.37. The normalized spacial score (nSPS) is 12.2. The van der Waals surface area contributed by atoms with Crippen molar-refractivity contribution in [2.24, 2.45) is 0 Å². The van der Waals surface area contributed by atoms with Crippen molar-refractivity contribution in [1.82, 2.24) is 10.2 Å². The lowest BCUT2D eigenvalue weighted by molar-refractivity contribution is -0.123. The molecule has 1 unspecified atom stereocenters. The van der Waals surface area contributed by atoms with Gasteiger partial charge in [-0.1, -0.05) is 54.1 Å². The standard InChI is InChI=1S/C18H21ClN2O2/c1-21(11-14-5-3-2-4-6-14)12-18(23)20-17(13-22)15-7-9-16(19)10-8-15/h2-10,17,22H,11-13H2,1H3,(H,20,23). The zero-order valence-corrected chi connectivity index (χ0v) is 13.8. The van der Waals surface area contributed by atoms with Crippen molar-refractivity contribution >= 4 is 17.5 Å². The van der Waals surface area contributed by atoms with Crippen LogP contribution in [-0.2, 0) is 11.3 Å². The monoisotopic (exact) mass is 332 g/mol. The first-order chi connectivity index (χ1) is 11.1. The minimum atomic E-state index is -0.426. The lowest BCUT2D eigenvalue weighted by Gasteiger charge is -2.20. The second-order valence-electron chi connectivity index (χ2n) is 5.51. The molecule has 0 aliphatic rings. The molecule has 2 aromatic rings. The molecule has 5 heteroatoms. The van der Waals surface area contributed by atoms with Gasteiger partial charge in [-0.3, -0.25) is 9.69 Å². The van der Waals surface area contributed by atoms with Gasteiger partial charge in [-0.25, -0.2) is 0 Å². The molecule has 4 nitrogen and oxygen atoms in total. The first-order valence-electron chi connectivity index (χ1n) is 7.46. The van der Waals surface area contributed by atoms with Gasteiger partial charge in [0, 0.05) is 11.6 Å². The lowest BCUT2D eigenvalue weighted by Crippen LogP contribution is -2.38. The second kappa shape index (κ2) is 8.67. The zero-order chi connectivity index (χ0) is 16.7. The molecule has 0 radical (unpaired) electrons. The Balaban J connectivity index is 1.88. The van der Waals surface area contributed by atoms with Gasteiger partial charge in [-0.2, -0.15) is 0 Å². The van der Waals surface area contributed by atoms with E-state index in [1.54, 1.807) is 24.3 Å². The summed E-state index contributed by atoms with van der Waals surface area (Å²) in [6.07, 6.45) is 0. The van der Waals surface area contributed by atoms with E-state index in [0.717, 1.165) is 11.1 Å². The van der Waals surface area contributed by atoms with Crippen molar-refractivity contribution in [3.8, 4) is 0 Å². The van der Waals surface area contributed by atoms with Crippen molar-refractivity contribution in [2.45, 2.75) is 12.6 Å². The summed E-state index contributed by atoms with van der Waals surface area (Å²) in [6.45, 7) is 0.799. The topological polar surface area (TPSA) is 52.6 Å². The maximum atomic E-state index is 12.2. The molecular weight excluding hydrogens is 312 g/mol. The largest absolute Gasteiger partial charge is 0.394 e. The van der Waals surface area contributed by atoms with Crippen LogP contribution in [0.5, 0.6) is 0 Å². The van der Waals surface area contributed by atoms with Crippen LogP contribution in [0.1, 0.15) is 17.2 Å². The van der Waals surface area contributed by atoms with E-state index in [2.05, 4.69) is 5.32 Å². The van der Waals surface area contributed by atoms with E-state index < -0.39 is 6.04 Å². The minimum Gasteiger partial charge on any atom is -0.394 e. The number of rotatable bonds is 7. The van der Waals surface area contributed by atoms with Crippen molar-refractivity contribution in [1.29, 1.82) is 0 Å². The van der Waals surface area contributed by atoms with Crippen molar-refractivity contribution in [3.63, 3.8) is 0 Å². The van der Waals surface area contributed by atoms with Gasteiger partial charge >= 0.3 is 0 Å². The Morgan fingerprint density at radius 3 is 2.43 bits per heavy atom. The highest BCUT2D eigenvalue weighted by Gasteiger charge is 2.15. The molecule has 2 N–H and O–H groups in total. The Bertz CT molecular complexity index is 617. The number of aliphatic hydroxyl groups is 1. The molecule has 1 atom stereocenters. The highest BCUT2D eigenvalue weighted by molar-refractivity contribution is 6.30. The number of aliphatic hydroxyl groups excluding tert-OH is 1. The molecule has 0 heterocycles. The van der Waals surface area contributed by atoms with Gasteiger partial charge in [0.15, 0.2) is 0 Å². The number of carbonyl (C=O) groups excluding carboxylic acids is 1. The summed E-state index contributed by atoms with van der Waals surface area (Å²) >= 11 is 5.85. The van der Waals surface area contributed by atoms with E-state index in [0.29, 0.717) is 11.6 Å². The van der Waals surface area contributed by atoms with E-state index in [9.17, 15) is 9.90 Å². The van der Waals surface area contributed by atoms with E-state index in [-0.39, 0.29) is 19.1 Å². The van der Waals surface area contributed by atoms with Gasteiger partial charge in [0.05, 0.1) is 19.2 Å². The summed E-state index contributed by atoms with van der Waals surface area (Å²) in [7, 11) is 1.89. The van der Waals surface area contributed by atoms with Crippen molar-refractivity contribution < 1.29 is 9.90 Å². The molecule has 0 aliphatic heterocycles. The molecule has 23 heavy (non-hydrogen) atoms. The van der Waals surface area contributed by atoms with Gasteiger partial charge in [-0.15, -0.1) is 0 Å². The van der Waals surface area contributed by atoms with Crippen LogP contribution >= 0.6 is 11.6 Å². The van der Waals surface area contributed by atoms with E-state index in [1.807, 2.05) is 42.3 Å². The third kappa shape index (κ3) is 5.67. The predicted molar refractivity (Wildman–Crippen MR) is 92.2 cm³/mol. The molecule has 0 fully saturated rings. The number of hydrogen-bond acceptors (Lipinski definition) is 3. The Morgan fingerprint density at radius 2 is 1.83 bits per heavy atom. The number of likely N-dealkylation sites (N-methyl/N-ethyl adjacent to an activating group) is 1. The third-order valence-electron chi connectivity index (χ3n) is 3.50.